The maximum Gasteiger partial charge on any atom is 0.155 e. The Bertz CT molecular complexity index is 98.8. The lowest BCUT2D eigenvalue weighted by Crippen LogP contribution is -2.27. The first kappa shape index (κ1) is 11.2. The van der Waals surface area contributed by atoms with Gasteiger partial charge in [0.15, 0.2) is 6.29 Å². The number of rotatable bonds is 4. The van der Waals surface area contributed by atoms with E-state index in [4.69, 9.17) is 16.3 Å². The molecule has 0 rings (SSSR count). The second-order valence-electron chi connectivity index (χ2n) is 3.52. The fourth-order valence-corrected chi connectivity index (χ4v) is 0.873. The molecule has 0 saturated carbocycles. The standard InChI is InChI=1S/C8H17ClO2/c1-8(2,3)11-7(10)5-4-6-9/h7,10H,4-6H2,1-3H3. The van der Waals surface area contributed by atoms with E-state index in [1.54, 1.807) is 0 Å². The van der Waals surface area contributed by atoms with E-state index < -0.39 is 6.29 Å². The average Bonchev–Trinajstić information content (AvgIpc) is 1.79. The van der Waals surface area contributed by atoms with E-state index >= 15 is 0 Å². The van der Waals surface area contributed by atoms with Gasteiger partial charge < -0.3 is 9.84 Å². The van der Waals surface area contributed by atoms with Crippen LogP contribution in [0.4, 0.5) is 0 Å². The van der Waals surface area contributed by atoms with Crippen LogP contribution in [0.3, 0.4) is 0 Å². The van der Waals surface area contributed by atoms with Crippen molar-refractivity contribution >= 4 is 11.6 Å². The van der Waals surface area contributed by atoms with Crippen LogP contribution in [0.15, 0.2) is 0 Å². The molecule has 68 valence electrons. The first-order valence-corrected chi connectivity index (χ1v) is 4.41. The van der Waals surface area contributed by atoms with Crippen LogP contribution < -0.4 is 0 Å². The molecule has 0 fully saturated rings. The molecule has 11 heavy (non-hydrogen) atoms. The quantitative estimate of drug-likeness (QED) is 0.531. The van der Waals surface area contributed by atoms with Crippen LogP contribution >= 0.6 is 11.6 Å². The Morgan fingerprint density at radius 1 is 1.45 bits per heavy atom. The molecule has 0 radical (unpaired) electrons. The minimum absolute atomic E-state index is 0.272. The molecule has 0 aromatic rings. The summed E-state index contributed by atoms with van der Waals surface area (Å²) in [4.78, 5) is 0. The van der Waals surface area contributed by atoms with E-state index in [-0.39, 0.29) is 5.60 Å². The topological polar surface area (TPSA) is 29.5 Å². The number of alkyl halides is 1. The first-order valence-electron chi connectivity index (χ1n) is 3.87. The Labute approximate surface area is 73.5 Å². The summed E-state index contributed by atoms with van der Waals surface area (Å²) < 4.78 is 5.24. The molecule has 0 saturated heterocycles. The molecular weight excluding hydrogens is 164 g/mol. The Balaban J connectivity index is 3.44. The molecule has 0 aliphatic carbocycles. The van der Waals surface area contributed by atoms with Crippen LogP contribution in [-0.2, 0) is 4.74 Å². The van der Waals surface area contributed by atoms with Gasteiger partial charge in [-0.15, -0.1) is 11.6 Å². The highest BCUT2D eigenvalue weighted by Gasteiger charge is 2.15. The number of aliphatic hydroxyl groups is 1. The van der Waals surface area contributed by atoms with Crippen molar-refractivity contribution in [1.29, 1.82) is 0 Å². The average molecular weight is 181 g/mol. The van der Waals surface area contributed by atoms with Gasteiger partial charge in [-0.25, -0.2) is 0 Å². The predicted molar refractivity (Wildman–Crippen MR) is 46.8 cm³/mol. The van der Waals surface area contributed by atoms with E-state index in [1.807, 2.05) is 20.8 Å². The van der Waals surface area contributed by atoms with Gasteiger partial charge >= 0.3 is 0 Å². The van der Waals surface area contributed by atoms with Crippen molar-refractivity contribution in [3.63, 3.8) is 0 Å². The van der Waals surface area contributed by atoms with Crippen LogP contribution in [0.5, 0.6) is 0 Å². The van der Waals surface area contributed by atoms with Gasteiger partial charge in [-0.1, -0.05) is 0 Å². The molecule has 1 unspecified atom stereocenters. The molecule has 1 atom stereocenters. The molecule has 0 aliphatic heterocycles. The van der Waals surface area contributed by atoms with Gasteiger partial charge in [-0.3, -0.25) is 0 Å². The fourth-order valence-electron chi connectivity index (χ4n) is 0.719. The zero-order valence-electron chi connectivity index (χ0n) is 7.43. The van der Waals surface area contributed by atoms with E-state index in [0.29, 0.717) is 12.3 Å². The summed E-state index contributed by atoms with van der Waals surface area (Å²) >= 11 is 5.45. The summed E-state index contributed by atoms with van der Waals surface area (Å²) in [6.07, 6.45) is 0.730. The van der Waals surface area contributed by atoms with E-state index in [9.17, 15) is 5.11 Å². The molecule has 0 aromatic carbocycles. The maximum absolute atomic E-state index is 9.24. The second-order valence-corrected chi connectivity index (χ2v) is 3.89. The van der Waals surface area contributed by atoms with Gasteiger partial charge in [0, 0.05) is 5.88 Å². The molecule has 0 aromatic heterocycles. The van der Waals surface area contributed by atoms with Crippen molar-refractivity contribution in [2.75, 3.05) is 5.88 Å². The summed E-state index contributed by atoms with van der Waals surface area (Å²) in [7, 11) is 0. The van der Waals surface area contributed by atoms with E-state index in [2.05, 4.69) is 0 Å². The SMILES string of the molecule is CC(C)(C)OC(O)CCCCl. The zero-order valence-corrected chi connectivity index (χ0v) is 8.19. The number of ether oxygens (including phenoxy) is 1. The highest BCUT2D eigenvalue weighted by Crippen LogP contribution is 2.12. The summed E-state index contributed by atoms with van der Waals surface area (Å²) in [5, 5.41) is 9.24. The summed E-state index contributed by atoms with van der Waals surface area (Å²) in [5.74, 6) is 0.574. The lowest BCUT2D eigenvalue weighted by molar-refractivity contribution is -0.168. The molecule has 0 heterocycles. The highest BCUT2D eigenvalue weighted by molar-refractivity contribution is 6.17. The predicted octanol–water partition coefficient (Wildman–Crippen LogP) is 2.14. The van der Waals surface area contributed by atoms with Crippen molar-refractivity contribution in [3.8, 4) is 0 Å². The minimum atomic E-state index is -0.672. The van der Waals surface area contributed by atoms with Gasteiger partial charge in [0.2, 0.25) is 0 Å². The van der Waals surface area contributed by atoms with Crippen molar-refractivity contribution in [3.05, 3.63) is 0 Å². The molecule has 1 N–H and O–H groups in total. The normalized spacial score (nSPS) is 15.0. The minimum Gasteiger partial charge on any atom is -0.368 e. The van der Waals surface area contributed by atoms with Crippen LogP contribution in [0, 0.1) is 0 Å². The van der Waals surface area contributed by atoms with Crippen LogP contribution in [0.2, 0.25) is 0 Å². The molecule has 0 bridgehead atoms. The Kier molecular flexibility index (Phi) is 5.06. The summed E-state index contributed by atoms with van der Waals surface area (Å²) in [6, 6.07) is 0. The lowest BCUT2D eigenvalue weighted by Gasteiger charge is -2.23. The number of aliphatic hydroxyl groups excluding tert-OH is 1. The Morgan fingerprint density at radius 3 is 2.36 bits per heavy atom. The largest absolute Gasteiger partial charge is 0.368 e. The van der Waals surface area contributed by atoms with Crippen molar-refractivity contribution in [1.82, 2.24) is 0 Å². The second kappa shape index (κ2) is 4.96. The maximum atomic E-state index is 9.24. The Morgan fingerprint density at radius 2 is 2.00 bits per heavy atom. The third-order valence-electron chi connectivity index (χ3n) is 1.07. The number of hydrogen-bond donors (Lipinski definition) is 1. The van der Waals surface area contributed by atoms with E-state index in [1.165, 1.54) is 0 Å². The molecular formula is C8H17ClO2. The fraction of sp³-hybridized carbons (Fsp3) is 1.00. The Hall–Kier alpha value is 0.210. The zero-order chi connectivity index (χ0) is 8.91. The van der Waals surface area contributed by atoms with E-state index in [0.717, 1.165) is 6.42 Å². The van der Waals surface area contributed by atoms with Gasteiger partial charge in [0.1, 0.15) is 0 Å². The highest BCUT2D eigenvalue weighted by atomic mass is 35.5. The van der Waals surface area contributed by atoms with Crippen molar-refractivity contribution in [2.45, 2.75) is 45.5 Å². The monoisotopic (exact) mass is 180 g/mol. The third-order valence-corrected chi connectivity index (χ3v) is 1.34. The van der Waals surface area contributed by atoms with Gasteiger partial charge in [0.25, 0.3) is 0 Å². The molecule has 0 spiro atoms. The molecule has 0 amide bonds. The lowest BCUT2D eigenvalue weighted by atomic mass is 10.2. The third kappa shape index (κ3) is 8.11. The van der Waals surface area contributed by atoms with Gasteiger partial charge in [-0.2, -0.15) is 0 Å². The molecule has 0 aliphatic rings. The number of hydrogen-bond acceptors (Lipinski definition) is 2. The molecule has 2 nitrogen and oxygen atoms in total. The molecule has 3 heteroatoms. The van der Waals surface area contributed by atoms with Gasteiger partial charge in [0.05, 0.1) is 5.60 Å². The van der Waals surface area contributed by atoms with Crippen LogP contribution in [0.1, 0.15) is 33.6 Å². The van der Waals surface area contributed by atoms with Crippen LogP contribution in [0.25, 0.3) is 0 Å². The van der Waals surface area contributed by atoms with Crippen molar-refractivity contribution < 1.29 is 9.84 Å². The smallest absolute Gasteiger partial charge is 0.155 e. The van der Waals surface area contributed by atoms with Gasteiger partial charge in [-0.05, 0) is 33.6 Å². The van der Waals surface area contributed by atoms with Crippen molar-refractivity contribution in [2.24, 2.45) is 0 Å². The first-order chi connectivity index (χ1) is 4.95. The summed E-state index contributed by atoms with van der Waals surface area (Å²) in [5.41, 5.74) is -0.272. The van der Waals surface area contributed by atoms with Crippen LogP contribution in [-0.4, -0.2) is 22.9 Å². The summed E-state index contributed by atoms with van der Waals surface area (Å²) in [6.45, 7) is 5.74. The number of halogens is 1.